The summed E-state index contributed by atoms with van der Waals surface area (Å²) in [4.78, 5) is 25.6. The second kappa shape index (κ2) is 6.89. The number of amides is 2. The Morgan fingerprint density at radius 3 is 2.42 bits per heavy atom. The Hall–Kier alpha value is -1.10. The van der Waals surface area contributed by atoms with Crippen molar-refractivity contribution < 1.29 is 9.59 Å². The lowest BCUT2D eigenvalue weighted by atomic mass is 9.89. The summed E-state index contributed by atoms with van der Waals surface area (Å²) in [6.07, 6.45) is 2.40. The van der Waals surface area contributed by atoms with Crippen molar-refractivity contribution in [1.29, 1.82) is 0 Å². The van der Waals surface area contributed by atoms with E-state index in [-0.39, 0.29) is 29.7 Å². The van der Waals surface area contributed by atoms with Crippen molar-refractivity contribution in [3.05, 3.63) is 0 Å². The Balaban J connectivity index is 2.74. The van der Waals surface area contributed by atoms with E-state index in [0.29, 0.717) is 19.0 Å². The second-order valence-corrected chi connectivity index (χ2v) is 6.08. The zero-order chi connectivity index (χ0) is 14.6. The van der Waals surface area contributed by atoms with E-state index in [0.717, 1.165) is 19.3 Å². The van der Waals surface area contributed by atoms with Crippen LogP contribution in [0, 0.1) is 17.8 Å². The van der Waals surface area contributed by atoms with Gasteiger partial charge in [-0.3, -0.25) is 9.59 Å². The molecule has 0 spiro atoms. The lowest BCUT2D eigenvalue weighted by Crippen LogP contribution is -2.51. The molecule has 5 nitrogen and oxygen atoms in total. The molecule has 0 bridgehead atoms. The minimum absolute atomic E-state index is 0.0784. The number of hydrogen-bond donors (Lipinski definition) is 2. The molecule has 0 aliphatic carbocycles. The molecule has 19 heavy (non-hydrogen) atoms. The molecule has 0 saturated carbocycles. The predicted octanol–water partition coefficient (Wildman–Crippen LogP) is 0.720. The van der Waals surface area contributed by atoms with Gasteiger partial charge in [-0.05, 0) is 32.1 Å². The Morgan fingerprint density at radius 1 is 1.32 bits per heavy atom. The number of likely N-dealkylation sites (tertiary alicyclic amines) is 1. The summed E-state index contributed by atoms with van der Waals surface area (Å²) in [7, 11) is 0. The molecule has 1 aliphatic heterocycles. The molecule has 3 atom stereocenters. The highest BCUT2D eigenvalue weighted by Crippen LogP contribution is 2.25. The van der Waals surface area contributed by atoms with Crippen LogP contribution in [0.1, 0.15) is 40.0 Å². The summed E-state index contributed by atoms with van der Waals surface area (Å²) in [5, 5.41) is 0. The van der Waals surface area contributed by atoms with Gasteiger partial charge in [-0.15, -0.1) is 0 Å². The highest BCUT2D eigenvalue weighted by atomic mass is 16.2. The molecule has 1 fully saturated rings. The number of hydrogen-bond acceptors (Lipinski definition) is 3. The number of rotatable bonds is 5. The first kappa shape index (κ1) is 16.0. The van der Waals surface area contributed by atoms with E-state index in [4.69, 9.17) is 11.5 Å². The van der Waals surface area contributed by atoms with Crippen LogP contribution in [0.4, 0.5) is 0 Å². The largest absolute Gasteiger partial charge is 0.369 e. The van der Waals surface area contributed by atoms with Gasteiger partial charge in [0.15, 0.2) is 0 Å². The van der Waals surface area contributed by atoms with Crippen molar-refractivity contribution in [2.45, 2.75) is 46.1 Å². The van der Waals surface area contributed by atoms with E-state index in [1.165, 1.54) is 0 Å². The fourth-order valence-corrected chi connectivity index (χ4v) is 2.75. The standard InChI is InChI=1S/C14H27N3O2/c1-9(2)6-12(7-15)14(19)17-8-11(13(16)18)5-4-10(17)3/h9-12H,4-8,15H2,1-3H3,(H2,16,18). The third-order valence-electron chi connectivity index (χ3n) is 3.96. The van der Waals surface area contributed by atoms with Gasteiger partial charge in [0.25, 0.3) is 0 Å². The lowest BCUT2D eigenvalue weighted by Gasteiger charge is -2.39. The van der Waals surface area contributed by atoms with Gasteiger partial charge in [0.1, 0.15) is 0 Å². The topological polar surface area (TPSA) is 89.4 Å². The zero-order valence-electron chi connectivity index (χ0n) is 12.3. The Labute approximate surface area is 115 Å². The molecule has 4 N–H and O–H groups in total. The SMILES string of the molecule is CC(C)CC(CN)C(=O)N1CC(C(N)=O)CCC1C. The van der Waals surface area contributed by atoms with Crippen molar-refractivity contribution >= 4 is 11.8 Å². The fraction of sp³-hybridized carbons (Fsp3) is 0.857. The monoisotopic (exact) mass is 269 g/mol. The Kier molecular flexibility index (Phi) is 5.79. The van der Waals surface area contributed by atoms with Crippen LogP contribution in [-0.4, -0.2) is 35.8 Å². The van der Waals surface area contributed by atoms with Gasteiger partial charge in [0.2, 0.25) is 11.8 Å². The summed E-state index contributed by atoms with van der Waals surface area (Å²) in [5.41, 5.74) is 11.1. The second-order valence-electron chi connectivity index (χ2n) is 6.08. The van der Waals surface area contributed by atoms with Crippen molar-refractivity contribution in [3.8, 4) is 0 Å². The van der Waals surface area contributed by atoms with Crippen LogP contribution in [0.25, 0.3) is 0 Å². The summed E-state index contributed by atoms with van der Waals surface area (Å²) in [6, 6.07) is 0.171. The highest BCUT2D eigenvalue weighted by Gasteiger charge is 2.34. The molecule has 2 amide bonds. The molecule has 1 rings (SSSR count). The minimum atomic E-state index is -0.308. The van der Waals surface area contributed by atoms with E-state index >= 15 is 0 Å². The number of primary amides is 1. The molecule has 0 aromatic rings. The van der Waals surface area contributed by atoms with Gasteiger partial charge in [-0.1, -0.05) is 13.8 Å². The highest BCUT2D eigenvalue weighted by molar-refractivity contribution is 5.82. The molecule has 1 saturated heterocycles. The van der Waals surface area contributed by atoms with Gasteiger partial charge >= 0.3 is 0 Å². The average molecular weight is 269 g/mol. The maximum absolute atomic E-state index is 12.5. The molecule has 3 unspecified atom stereocenters. The Bertz CT molecular complexity index is 331. The van der Waals surface area contributed by atoms with Crippen molar-refractivity contribution in [1.82, 2.24) is 4.90 Å². The molecule has 1 aliphatic rings. The molecule has 1 heterocycles. The summed E-state index contributed by atoms with van der Waals surface area (Å²) >= 11 is 0. The minimum Gasteiger partial charge on any atom is -0.369 e. The Morgan fingerprint density at radius 2 is 1.95 bits per heavy atom. The van der Waals surface area contributed by atoms with Crippen molar-refractivity contribution in [2.75, 3.05) is 13.1 Å². The molecular weight excluding hydrogens is 242 g/mol. The lowest BCUT2D eigenvalue weighted by molar-refractivity contribution is -0.141. The van der Waals surface area contributed by atoms with E-state index in [2.05, 4.69) is 13.8 Å². The molecule has 0 radical (unpaired) electrons. The first-order chi connectivity index (χ1) is 8.86. The van der Waals surface area contributed by atoms with E-state index in [1.54, 1.807) is 4.90 Å². The van der Waals surface area contributed by atoms with E-state index in [9.17, 15) is 9.59 Å². The summed E-state index contributed by atoms with van der Waals surface area (Å²) in [5.74, 6) is -0.149. The van der Waals surface area contributed by atoms with Gasteiger partial charge in [-0.2, -0.15) is 0 Å². The number of piperidine rings is 1. The molecule has 0 aromatic carbocycles. The van der Waals surface area contributed by atoms with Gasteiger partial charge in [0.05, 0.1) is 11.8 Å². The van der Waals surface area contributed by atoms with Crippen LogP contribution < -0.4 is 11.5 Å². The number of nitrogens with zero attached hydrogens (tertiary/aromatic N) is 1. The van der Waals surface area contributed by atoms with Gasteiger partial charge in [0, 0.05) is 19.1 Å². The quantitative estimate of drug-likeness (QED) is 0.770. The fourth-order valence-electron chi connectivity index (χ4n) is 2.75. The number of carbonyl (C=O) groups excluding carboxylic acids is 2. The van der Waals surface area contributed by atoms with Gasteiger partial charge in [-0.25, -0.2) is 0 Å². The van der Waals surface area contributed by atoms with Crippen LogP contribution in [0.2, 0.25) is 0 Å². The maximum atomic E-state index is 12.5. The zero-order valence-corrected chi connectivity index (χ0v) is 12.3. The molecule has 5 heteroatoms. The average Bonchev–Trinajstić information content (AvgIpc) is 2.35. The van der Waals surface area contributed by atoms with Crippen molar-refractivity contribution in [3.63, 3.8) is 0 Å². The van der Waals surface area contributed by atoms with E-state index < -0.39 is 0 Å². The molecule has 0 aromatic heterocycles. The smallest absolute Gasteiger partial charge is 0.227 e. The van der Waals surface area contributed by atoms with Crippen LogP contribution in [0.15, 0.2) is 0 Å². The first-order valence-electron chi connectivity index (χ1n) is 7.16. The maximum Gasteiger partial charge on any atom is 0.227 e. The van der Waals surface area contributed by atoms with Crippen LogP contribution in [0.5, 0.6) is 0 Å². The van der Waals surface area contributed by atoms with Crippen LogP contribution in [-0.2, 0) is 9.59 Å². The summed E-state index contributed by atoms with van der Waals surface area (Å²) in [6.45, 7) is 7.01. The predicted molar refractivity (Wildman–Crippen MR) is 75.1 cm³/mol. The first-order valence-corrected chi connectivity index (χ1v) is 7.16. The molecular formula is C14H27N3O2. The van der Waals surface area contributed by atoms with E-state index in [1.807, 2.05) is 6.92 Å². The van der Waals surface area contributed by atoms with Crippen molar-refractivity contribution in [2.24, 2.45) is 29.2 Å². The van der Waals surface area contributed by atoms with Gasteiger partial charge < -0.3 is 16.4 Å². The summed E-state index contributed by atoms with van der Waals surface area (Å²) < 4.78 is 0. The number of nitrogens with two attached hydrogens (primary N) is 2. The van der Waals surface area contributed by atoms with Crippen LogP contribution in [0.3, 0.4) is 0 Å². The molecule has 110 valence electrons. The number of carbonyl (C=O) groups is 2. The third kappa shape index (κ3) is 4.20. The third-order valence-corrected chi connectivity index (χ3v) is 3.96. The van der Waals surface area contributed by atoms with Crippen LogP contribution >= 0.6 is 0 Å². The normalized spacial score (nSPS) is 25.4.